The number of nitrogens with one attached hydrogen (secondary N) is 1. The van der Waals surface area contributed by atoms with E-state index in [4.69, 9.17) is 5.11 Å². The number of carboxylic acid groups (broad SMARTS) is 1. The first kappa shape index (κ1) is 12.0. The number of amides is 1. The van der Waals surface area contributed by atoms with Crippen LogP contribution >= 0.6 is 0 Å². The third kappa shape index (κ3) is 2.28. The third-order valence-electron chi connectivity index (χ3n) is 3.24. The fourth-order valence-electron chi connectivity index (χ4n) is 2.20. The summed E-state index contributed by atoms with van der Waals surface area (Å²) in [7, 11) is 1.59. The maximum atomic E-state index is 11.4. The summed E-state index contributed by atoms with van der Waals surface area (Å²) in [6.45, 7) is 4.34. The molecule has 0 aromatic carbocycles. The SMILES string of the molecule is CNC(=O)C(C)N1CCC(C(=O)O)C1C. The van der Waals surface area contributed by atoms with Crippen molar-refractivity contribution in [3.63, 3.8) is 0 Å². The van der Waals surface area contributed by atoms with Gasteiger partial charge in [-0.15, -0.1) is 0 Å². The fourth-order valence-corrected chi connectivity index (χ4v) is 2.20. The molecule has 2 N–H and O–H groups in total. The zero-order valence-corrected chi connectivity index (χ0v) is 9.36. The Balaban J connectivity index is 2.67. The molecular weight excluding hydrogens is 196 g/mol. The van der Waals surface area contributed by atoms with Gasteiger partial charge in [0.2, 0.25) is 5.91 Å². The van der Waals surface area contributed by atoms with Crippen LogP contribution in [0.25, 0.3) is 0 Å². The van der Waals surface area contributed by atoms with Crippen molar-refractivity contribution < 1.29 is 14.7 Å². The predicted octanol–water partition coefficient (Wildman–Crippen LogP) is -0.0841. The molecule has 86 valence electrons. The Morgan fingerprint density at radius 1 is 1.53 bits per heavy atom. The lowest BCUT2D eigenvalue weighted by Crippen LogP contribution is -2.47. The molecule has 0 aromatic heterocycles. The molecule has 0 spiro atoms. The third-order valence-corrected chi connectivity index (χ3v) is 3.24. The van der Waals surface area contributed by atoms with E-state index in [1.54, 1.807) is 14.0 Å². The van der Waals surface area contributed by atoms with Crippen LogP contribution in [-0.4, -0.2) is 47.6 Å². The molecule has 0 radical (unpaired) electrons. The second-order valence-electron chi connectivity index (χ2n) is 4.00. The Bertz CT molecular complexity index is 267. The average Bonchev–Trinajstić information content (AvgIpc) is 2.57. The smallest absolute Gasteiger partial charge is 0.308 e. The molecule has 1 fully saturated rings. The molecule has 0 bridgehead atoms. The Kier molecular flexibility index (Phi) is 3.68. The lowest BCUT2D eigenvalue weighted by molar-refractivity contribution is -0.143. The number of aliphatic carboxylic acids is 1. The van der Waals surface area contributed by atoms with Gasteiger partial charge < -0.3 is 10.4 Å². The highest BCUT2D eigenvalue weighted by atomic mass is 16.4. The van der Waals surface area contributed by atoms with Crippen molar-refractivity contribution in [2.24, 2.45) is 5.92 Å². The summed E-state index contributed by atoms with van der Waals surface area (Å²) < 4.78 is 0. The molecule has 1 aliphatic heterocycles. The van der Waals surface area contributed by atoms with Gasteiger partial charge in [-0.05, 0) is 20.3 Å². The van der Waals surface area contributed by atoms with E-state index in [1.807, 2.05) is 11.8 Å². The molecule has 5 heteroatoms. The molecule has 0 saturated carbocycles. The number of likely N-dealkylation sites (tertiary alicyclic amines) is 1. The van der Waals surface area contributed by atoms with E-state index in [1.165, 1.54) is 0 Å². The minimum absolute atomic E-state index is 0.0621. The van der Waals surface area contributed by atoms with Crippen LogP contribution < -0.4 is 5.32 Å². The van der Waals surface area contributed by atoms with Crippen LogP contribution in [0.1, 0.15) is 20.3 Å². The number of carbonyl (C=O) groups is 2. The van der Waals surface area contributed by atoms with Gasteiger partial charge in [-0.1, -0.05) is 0 Å². The van der Waals surface area contributed by atoms with Gasteiger partial charge in [-0.3, -0.25) is 14.5 Å². The van der Waals surface area contributed by atoms with Crippen molar-refractivity contribution in [2.45, 2.75) is 32.4 Å². The summed E-state index contributed by atoms with van der Waals surface area (Å²) in [4.78, 5) is 24.3. The summed E-state index contributed by atoms with van der Waals surface area (Å²) in [5, 5.41) is 11.5. The first-order valence-corrected chi connectivity index (χ1v) is 5.19. The normalized spacial score (nSPS) is 28.7. The molecule has 0 aliphatic carbocycles. The molecule has 3 unspecified atom stereocenters. The molecule has 5 nitrogen and oxygen atoms in total. The molecule has 1 heterocycles. The Hall–Kier alpha value is -1.10. The van der Waals surface area contributed by atoms with Crippen molar-refractivity contribution >= 4 is 11.9 Å². The van der Waals surface area contributed by atoms with Gasteiger partial charge in [0.15, 0.2) is 0 Å². The standard InChI is InChI=1S/C10H18N2O3/c1-6-8(10(14)15)4-5-12(6)7(2)9(13)11-3/h6-8H,4-5H2,1-3H3,(H,11,13)(H,14,15). The minimum atomic E-state index is -0.769. The molecule has 1 amide bonds. The lowest BCUT2D eigenvalue weighted by atomic mass is 10.0. The largest absolute Gasteiger partial charge is 0.481 e. The van der Waals surface area contributed by atoms with Crippen LogP contribution in [0.5, 0.6) is 0 Å². The van der Waals surface area contributed by atoms with Gasteiger partial charge in [-0.2, -0.15) is 0 Å². The number of hydrogen-bond donors (Lipinski definition) is 2. The number of likely N-dealkylation sites (N-methyl/N-ethyl adjacent to an activating group) is 1. The fraction of sp³-hybridized carbons (Fsp3) is 0.800. The molecule has 1 aliphatic rings. The number of carboxylic acids is 1. The van der Waals surface area contributed by atoms with Gasteiger partial charge in [0.05, 0.1) is 12.0 Å². The number of nitrogens with zero attached hydrogens (tertiary/aromatic N) is 1. The first-order valence-electron chi connectivity index (χ1n) is 5.19. The predicted molar refractivity (Wildman–Crippen MR) is 55.4 cm³/mol. The maximum Gasteiger partial charge on any atom is 0.308 e. The van der Waals surface area contributed by atoms with Crippen molar-refractivity contribution in [1.29, 1.82) is 0 Å². The van der Waals surface area contributed by atoms with Crippen LogP contribution in [0.15, 0.2) is 0 Å². The van der Waals surface area contributed by atoms with Crippen LogP contribution in [-0.2, 0) is 9.59 Å². The second kappa shape index (κ2) is 4.61. The molecule has 1 saturated heterocycles. The second-order valence-corrected chi connectivity index (χ2v) is 4.00. The van der Waals surface area contributed by atoms with E-state index in [9.17, 15) is 9.59 Å². The number of carbonyl (C=O) groups excluding carboxylic acids is 1. The van der Waals surface area contributed by atoms with Gasteiger partial charge >= 0.3 is 5.97 Å². The summed E-state index contributed by atoms with van der Waals surface area (Å²) in [6.07, 6.45) is 0.623. The van der Waals surface area contributed by atoms with Gasteiger partial charge in [0, 0.05) is 19.6 Å². The van der Waals surface area contributed by atoms with Crippen molar-refractivity contribution in [3.8, 4) is 0 Å². The maximum absolute atomic E-state index is 11.4. The summed E-state index contributed by atoms with van der Waals surface area (Å²) in [6, 6.07) is -0.329. The van der Waals surface area contributed by atoms with E-state index in [-0.39, 0.29) is 23.9 Å². The summed E-state index contributed by atoms with van der Waals surface area (Å²) in [5.74, 6) is -1.18. The summed E-state index contributed by atoms with van der Waals surface area (Å²) >= 11 is 0. The van der Waals surface area contributed by atoms with Crippen LogP contribution in [0.3, 0.4) is 0 Å². The van der Waals surface area contributed by atoms with Gasteiger partial charge in [0.1, 0.15) is 0 Å². The number of rotatable bonds is 3. The van der Waals surface area contributed by atoms with Crippen molar-refractivity contribution in [2.75, 3.05) is 13.6 Å². The van der Waals surface area contributed by atoms with E-state index >= 15 is 0 Å². The lowest BCUT2D eigenvalue weighted by Gasteiger charge is -2.28. The topological polar surface area (TPSA) is 69.6 Å². The highest BCUT2D eigenvalue weighted by Gasteiger charge is 2.39. The van der Waals surface area contributed by atoms with E-state index in [0.29, 0.717) is 13.0 Å². The zero-order chi connectivity index (χ0) is 11.6. The molecule has 0 aromatic rings. The van der Waals surface area contributed by atoms with Gasteiger partial charge in [0.25, 0.3) is 0 Å². The Morgan fingerprint density at radius 3 is 2.53 bits per heavy atom. The van der Waals surface area contributed by atoms with E-state index < -0.39 is 5.97 Å². The van der Waals surface area contributed by atoms with E-state index in [0.717, 1.165) is 0 Å². The number of hydrogen-bond acceptors (Lipinski definition) is 3. The summed E-state index contributed by atoms with van der Waals surface area (Å²) in [5.41, 5.74) is 0. The quantitative estimate of drug-likeness (QED) is 0.689. The molecule has 15 heavy (non-hydrogen) atoms. The first-order chi connectivity index (χ1) is 6.99. The van der Waals surface area contributed by atoms with Crippen molar-refractivity contribution in [1.82, 2.24) is 10.2 Å². The molecule has 1 rings (SSSR count). The minimum Gasteiger partial charge on any atom is -0.481 e. The van der Waals surface area contributed by atoms with Crippen LogP contribution in [0.4, 0.5) is 0 Å². The zero-order valence-electron chi connectivity index (χ0n) is 9.36. The van der Waals surface area contributed by atoms with Crippen molar-refractivity contribution in [3.05, 3.63) is 0 Å². The Morgan fingerprint density at radius 2 is 2.13 bits per heavy atom. The van der Waals surface area contributed by atoms with E-state index in [2.05, 4.69) is 5.32 Å². The van der Waals surface area contributed by atoms with Gasteiger partial charge in [-0.25, -0.2) is 0 Å². The average molecular weight is 214 g/mol. The highest BCUT2D eigenvalue weighted by molar-refractivity contribution is 5.81. The monoisotopic (exact) mass is 214 g/mol. The van der Waals surface area contributed by atoms with Crippen LogP contribution in [0.2, 0.25) is 0 Å². The Labute approximate surface area is 89.4 Å². The highest BCUT2D eigenvalue weighted by Crippen LogP contribution is 2.26. The molecular formula is C10H18N2O3. The van der Waals surface area contributed by atoms with Crippen LogP contribution in [0, 0.1) is 5.92 Å². The molecule has 3 atom stereocenters.